The first-order valence-electron chi connectivity index (χ1n) is 4.00. The van der Waals surface area contributed by atoms with Crippen LogP contribution in [-0.2, 0) is 4.79 Å². The third-order valence-corrected chi connectivity index (χ3v) is 4.82. The summed E-state index contributed by atoms with van der Waals surface area (Å²) >= 11 is 0. The Balaban J connectivity index is 0.00000121. The van der Waals surface area contributed by atoms with Crippen LogP contribution in [0.25, 0.3) is 0 Å². The molecule has 1 amide bonds. The molecule has 1 heterocycles. The maximum absolute atomic E-state index is 11.2. The molecule has 0 aromatic rings. The molecule has 0 spiro atoms. The molecule has 2 N–H and O–H groups in total. The van der Waals surface area contributed by atoms with Crippen LogP contribution in [-0.4, -0.2) is 33.2 Å². The largest absolute Gasteiger partial charge is 0.358 e. The summed E-state index contributed by atoms with van der Waals surface area (Å²) in [6.07, 6.45) is 1.07. The Morgan fingerprint density at radius 3 is 2.50 bits per heavy atom. The van der Waals surface area contributed by atoms with Crippen LogP contribution in [0.1, 0.15) is 0 Å². The summed E-state index contributed by atoms with van der Waals surface area (Å²) in [6.45, 7) is 4.62. The van der Waals surface area contributed by atoms with Gasteiger partial charge < -0.3 is 10.6 Å². The Morgan fingerprint density at radius 1 is 1.58 bits per heavy atom. The number of nitrogens with one attached hydrogen (secondary N) is 2. The van der Waals surface area contributed by atoms with Crippen molar-refractivity contribution in [2.75, 3.05) is 13.2 Å². The van der Waals surface area contributed by atoms with Crippen molar-refractivity contribution in [2.45, 2.75) is 25.2 Å². The summed E-state index contributed by atoms with van der Waals surface area (Å²) in [4.78, 5) is 11.2. The summed E-state index contributed by atoms with van der Waals surface area (Å²) in [5.41, 5.74) is 0. The molecule has 0 aromatic carbocycles. The van der Waals surface area contributed by atoms with Crippen LogP contribution in [0.2, 0.25) is 19.1 Å². The minimum atomic E-state index is -1.05. The van der Waals surface area contributed by atoms with Crippen molar-refractivity contribution in [3.8, 4) is 0 Å². The fourth-order valence-electron chi connectivity index (χ4n) is 1.46. The van der Waals surface area contributed by atoms with E-state index in [-0.39, 0.29) is 24.4 Å². The summed E-state index contributed by atoms with van der Waals surface area (Å²) in [5.74, 6) is 0.142. The van der Waals surface area contributed by atoms with Crippen LogP contribution < -0.4 is 10.6 Å². The lowest BCUT2D eigenvalue weighted by atomic mass is 10.3. The number of amides is 1. The first-order chi connectivity index (χ1) is 5.05. The first-order valence-corrected chi connectivity index (χ1v) is 7.41. The third-order valence-electron chi connectivity index (χ3n) is 2.15. The molecular weight excluding hydrogens is 192 g/mol. The molecule has 1 atom stereocenters. The zero-order valence-electron chi connectivity index (χ0n) is 7.81. The zero-order valence-corrected chi connectivity index (χ0v) is 9.62. The fraction of sp³-hybridized carbons (Fsp3) is 0.857. The molecule has 1 rings (SSSR count). The molecule has 1 aliphatic heterocycles. The Hall–Kier alpha value is -0.0631. The molecule has 1 fully saturated rings. The first kappa shape index (κ1) is 11.9. The van der Waals surface area contributed by atoms with E-state index in [4.69, 9.17) is 0 Å². The van der Waals surface area contributed by atoms with Crippen LogP contribution in [0.4, 0.5) is 0 Å². The number of carbonyl (C=O) groups is 1. The molecule has 0 radical (unpaired) electrons. The normalized spacial score (nSPS) is 26.1. The van der Waals surface area contributed by atoms with E-state index in [9.17, 15) is 4.79 Å². The zero-order chi connectivity index (χ0) is 8.48. The molecule has 1 aliphatic rings. The second-order valence-corrected chi connectivity index (χ2v) is 9.01. The van der Waals surface area contributed by atoms with E-state index in [0.29, 0.717) is 0 Å². The number of hydrogen-bond acceptors (Lipinski definition) is 2. The Labute approximate surface area is 80.7 Å². The predicted octanol–water partition coefficient (Wildman–Crippen LogP) is 0.374. The molecule has 0 aromatic heterocycles. The summed E-state index contributed by atoms with van der Waals surface area (Å²) < 4.78 is 0. The van der Waals surface area contributed by atoms with Gasteiger partial charge in [-0.3, -0.25) is 4.79 Å². The van der Waals surface area contributed by atoms with Gasteiger partial charge in [-0.05, 0) is 12.2 Å². The van der Waals surface area contributed by atoms with Crippen LogP contribution >= 0.6 is 12.4 Å². The van der Waals surface area contributed by atoms with Gasteiger partial charge in [0.1, 0.15) is 0 Å². The molecule has 1 saturated heterocycles. The van der Waals surface area contributed by atoms with Crippen molar-refractivity contribution in [3.63, 3.8) is 0 Å². The second kappa shape index (κ2) is 4.25. The van der Waals surface area contributed by atoms with Crippen LogP contribution in [0.5, 0.6) is 0 Å². The Kier molecular flexibility index (Phi) is 4.23. The maximum Gasteiger partial charge on any atom is 0.236 e. The third kappa shape index (κ3) is 2.77. The minimum Gasteiger partial charge on any atom is -0.358 e. The highest BCUT2D eigenvalue weighted by atomic mass is 35.5. The standard InChI is InChI=1S/C7H16N2OSi.ClH/c1-8-7(10)6-4-11(2,3)5-9-6;/h6,9H,4-5H2,1-3H3,(H,8,10);1H. The van der Waals surface area contributed by atoms with Crippen molar-refractivity contribution >= 4 is 26.4 Å². The summed E-state index contributed by atoms with van der Waals surface area (Å²) in [5, 5.41) is 5.91. The van der Waals surface area contributed by atoms with Crippen LogP contribution in [0.3, 0.4) is 0 Å². The van der Waals surface area contributed by atoms with Crippen molar-refractivity contribution in [3.05, 3.63) is 0 Å². The quantitative estimate of drug-likeness (QED) is 0.612. The van der Waals surface area contributed by atoms with Gasteiger partial charge in [-0.1, -0.05) is 13.1 Å². The highest BCUT2D eigenvalue weighted by molar-refractivity contribution is 6.78. The molecule has 0 saturated carbocycles. The molecular formula is C7H17ClN2OSi. The number of likely N-dealkylation sites (N-methyl/N-ethyl adjacent to an activating group) is 1. The molecule has 1 unspecified atom stereocenters. The van der Waals surface area contributed by atoms with E-state index in [1.807, 2.05) is 0 Å². The molecule has 12 heavy (non-hydrogen) atoms. The van der Waals surface area contributed by atoms with Crippen molar-refractivity contribution < 1.29 is 4.79 Å². The average Bonchev–Trinajstić information content (AvgIpc) is 2.29. The lowest BCUT2D eigenvalue weighted by molar-refractivity contribution is -0.121. The number of carbonyl (C=O) groups excluding carboxylic acids is 1. The smallest absolute Gasteiger partial charge is 0.236 e. The highest BCUT2D eigenvalue weighted by Crippen LogP contribution is 2.17. The van der Waals surface area contributed by atoms with Gasteiger partial charge in [0.2, 0.25) is 5.91 Å². The molecule has 72 valence electrons. The lowest BCUT2D eigenvalue weighted by Crippen LogP contribution is -2.38. The molecule has 0 bridgehead atoms. The molecule has 5 heteroatoms. The van der Waals surface area contributed by atoms with Gasteiger partial charge >= 0.3 is 0 Å². The summed E-state index contributed by atoms with van der Waals surface area (Å²) in [6, 6.07) is 1.16. The van der Waals surface area contributed by atoms with Gasteiger partial charge in [0.15, 0.2) is 0 Å². The van der Waals surface area contributed by atoms with E-state index in [2.05, 4.69) is 23.7 Å². The SMILES string of the molecule is CNC(=O)C1C[Si](C)(C)CN1.Cl. The number of hydrogen-bond donors (Lipinski definition) is 2. The van der Waals surface area contributed by atoms with E-state index >= 15 is 0 Å². The van der Waals surface area contributed by atoms with E-state index in [1.54, 1.807) is 7.05 Å². The fourth-order valence-corrected chi connectivity index (χ4v) is 3.83. The summed E-state index contributed by atoms with van der Waals surface area (Å²) in [7, 11) is 0.637. The van der Waals surface area contributed by atoms with E-state index in [1.165, 1.54) is 0 Å². The molecule has 0 aliphatic carbocycles. The van der Waals surface area contributed by atoms with Gasteiger partial charge in [-0.25, -0.2) is 0 Å². The lowest BCUT2D eigenvalue weighted by Gasteiger charge is -2.11. The number of halogens is 1. The van der Waals surface area contributed by atoms with Gasteiger partial charge in [0, 0.05) is 7.05 Å². The predicted molar refractivity (Wildman–Crippen MR) is 55.4 cm³/mol. The van der Waals surface area contributed by atoms with Crippen LogP contribution in [0, 0.1) is 0 Å². The van der Waals surface area contributed by atoms with Crippen molar-refractivity contribution in [1.29, 1.82) is 0 Å². The Bertz CT molecular complexity index is 175. The highest BCUT2D eigenvalue weighted by Gasteiger charge is 2.35. The maximum atomic E-state index is 11.2. The number of rotatable bonds is 1. The topological polar surface area (TPSA) is 41.1 Å². The van der Waals surface area contributed by atoms with E-state index < -0.39 is 8.07 Å². The van der Waals surface area contributed by atoms with Gasteiger partial charge in [-0.15, -0.1) is 12.4 Å². The average molecular weight is 209 g/mol. The second-order valence-electron chi connectivity index (χ2n) is 3.92. The van der Waals surface area contributed by atoms with Crippen molar-refractivity contribution in [2.24, 2.45) is 0 Å². The Morgan fingerprint density at radius 2 is 2.17 bits per heavy atom. The minimum absolute atomic E-state index is 0. The van der Waals surface area contributed by atoms with E-state index in [0.717, 1.165) is 12.2 Å². The van der Waals surface area contributed by atoms with Crippen LogP contribution in [0.15, 0.2) is 0 Å². The van der Waals surface area contributed by atoms with Gasteiger partial charge in [0.25, 0.3) is 0 Å². The van der Waals surface area contributed by atoms with Gasteiger partial charge in [0.05, 0.1) is 14.1 Å². The molecule has 3 nitrogen and oxygen atoms in total. The van der Waals surface area contributed by atoms with Gasteiger partial charge in [-0.2, -0.15) is 0 Å². The monoisotopic (exact) mass is 208 g/mol. The van der Waals surface area contributed by atoms with Crippen molar-refractivity contribution in [1.82, 2.24) is 10.6 Å².